The number of benzene rings is 3. The van der Waals surface area contributed by atoms with Gasteiger partial charge in [-0.25, -0.2) is 0 Å². The van der Waals surface area contributed by atoms with Crippen LogP contribution in [0.25, 0.3) is 22.3 Å². The fourth-order valence-electron chi connectivity index (χ4n) is 2.51. The van der Waals surface area contributed by atoms with Crippen LogP contribution in [0.1, 0.15) is 6.92 Å². The van der Waals surface area contributed by atoms with E-state index in [1.54, 1.807) is 0 Å². The van der Waals surface area contributed by atoms with Gasteiger partial charge in [-0.3, -0.25) is 4.79 Å². The second kappa shape index (κ2) is 13.3. The van der Waals surface area contributed by atoms with Crippen LogP contribution in [0.5, 0.6) is 0 Å². The van der Waals surface area contributed by atoms with Crippen molar-refractivity contribution in [3.8, 4) is 22.3 Å². The summed E-state index contributed by atoms with van der Waals surface area (Å²) in [5.74, 6) is -0.833. The second-order valence-electron chi connectivity index (χ2n) is 5.83. The first-order valence-electron chi connectivity index (χ1n) is 8.81. The van der Waals surface area contributed by atoms with E-state index in [4.69, 9.17) is 21.4 Å². The number of carboxylic acid groups (broad SMARTS) is 1. The first-order valence-corrected chi connectivity index (χ1v) is 9.81. The van der Waals surface area contributed by atoms with Gasteiger partial charge in [0.05, 0.1) is 0 Å². The van der Waals surface area contributed by atoms with Crippen molar-refractivity contribution >= 4 is 36.7 Å². The molecular weight excluding hydrogens is 347 g/mol. The van der Waals surface area contributed by atoms with E-state index < -0.39 is 5.97 Å². The molecule has 0 bridgehead atoms. The predicted octanol–water partition coefficient (Wildman–Crippen LogP) is 2.81. The van der Waals surface area contributed by atoms with Crippen LogP contribution in [0, 0.1) is 0 Å². The van der Waals surface area contributed by atoms with Crippen LogP contribution in [0.3, 0.4) is 0 Å². The summed E-state index contributed by atoms with van der Waals surface area (Å²) in [6.45, 7) is 2.28. The number of hydrogen-bond donors (Lipinski definition) is 3. The molecule has 3 aromatic rings. The van der Waals surface area contributed by atoms with Crippen LogP contribution in [-0.2, 0) is 4.79 Å². The van der Waals surface area contributed by atoms with E-state index in [0.29, 0.717) is 13.1 Å². The van der Waals surface area contributed by atoms with Crippen LogP contribution in [0.4, 0.5) is 0 Å². The topological polar surface area (TPSA) is 89.3 Å². The van der Waals surface area contributed by atoms with E-state index in [1.807, 2.05) is 0 Å². The average Bonchev–Trinajstić information content (AvgIpc) is 2.69. The predicted molar refractivity (Wildman–Crippen MR) is 114 cm³/mol. The van der Waals surface area contributed by atoms with Crippen molar-refractivity contribution in [1.29, 1.82) is 0 Å². The van der Waals surface area contributed by atoms with Crippen LogP contribution < -0.4 is 14.3 Å². The van der Waals surface area contributed by atoms with Crippen molar-refractivity contribution in [1.82, 2.24) is 0 Å². The minimum absolute atomic E-state index is 0.597. The maximum atomic E-state index is 9.00. The van der Waals surface area contributed by atoms with Gasteiger partial charge in [-0.15, -0.1) is 0 Å². The monoisotopic (exact) mass is 372 g/mol. The molecule has 0 atom stereocenters. The molecule has 3 aromatic carbocycles. The molecule has 0 heterocycles. The van der Waals surface area contributed by atoms with Crippen LogP contribution in [-0.4, -0.2) is 52.1 Å². The number of nitrogens with two attached hydrogens (primary N) is 2. The molecular formula is C22H25N2NaO2. The first-order chi connectivity index (χ1) is 13.0. The zero-order valence-electron chi connectivity index (χ0n) is 15.9. The minimum atomic E-state index is -0.833. The van der Waals surface area contributed by atoms with Crippen LogP contribution >= 0.6 is 0 Å². The maximum absolute atomic E-state index is 9.00. The Kier molecular flexibility index (Phi) is 11.3. The van der Waals surface area contributed by atoms with E-state index in [0.717, 1.165) is 34.9 Å². The molecule has 4 nitrogen and oxygen atoms in total. The fraction of sp³-hybridized carbons (Fsp3) is 0.136. The third kappa shape index (κ3) is 8.52. The molecule has 0 radical (unpaired) electrons. The second-order valence-corrected chi connectivity index (χ2v) is 6.90. The zero-order chi connectivity index (χ0) is 20.1. The van der Waals surface area contributed by atoms with Crippen molar-refractivity contribution in [2.24, 2.45) is 11.5 Å². The molecule has 0 aliphatic carbocycles. The van der Waals surface area contributed by atoms with E-state index in [1.165, 1.54) is 25.1 Å². The van der Waals surface area contributed by atoms with Gasteiger partial charge in [0.15, 0.2) is 0 Å². The quantitative estimate of drug-likeness (QED) is 0.617. The average molecular weight is 372 g/mol. The van der Waals surface area contributed by atoms with Gasteiger partial charge in [-0.05, 0) is 0 Å². The number of hydrogen-bond acceptors (Lipinski definition) is 3. The Morgan fingerprint density at radius 3 is 1.70 bits per heavy atom. The molecule has 0 spiro atoms. The molecule has 0 fully saturated rings. The number of rotatable bonds is 3. The molecule has 136 valence electrons. The van der Waals surface area contributed by atoms with Gasteiger partial charge in [0.2, 0.25) is 0 Å². The standard InChI is InChI=1S/C18H13.C2H8N2.C2H4O2.Na/c1-3-9-15(10-4-1)17-13-7-8-14-18(17)16-11-5-2-6-12-16;3-1-2-4;1-2(3)4;/h1-13H;1-4H2;1H3,(H,3,4);. The van der Waals surface area contributed by atoms with Gasteiger partial charge in [-0.1, -0.05) is 0 Å². The molecule has 5 heteroatoms. The molecule has 0 saturated heterocycles. The van der Waals surface area contributed by atoms with Crippen molar-refractivity contribution < 1.29 is 9.90 Å². The first kappa shape index (κ1) is 23.1. The molecule has 0 aliphatic rings. The van der Waals surface area contributed by atoms with E-state index in [-0.39, 0.29) is 0 Å². The summed E-state index contributed by atoms with van der Waals surface area (Å²) in [4.78, 5) is 9.00. The molecule has 0 unspecified atom stereocenters. The zero-order valence-corrected chi connectivity index (χ0v) is 17.9. The summed E-state index contributed by atoms with van der Waals surface area (Å²) in [5, 5.41) is 7.42. The van der Waals surface area contributed by atoms with E-state index in [9.17, 15) is 0 Å². The summed E-state index contributed by atoms with van der Waals surface area (Å²) in [6.07, 6.45) is 0. The van der Waals surface area contributed by atoms with E-state index in [2.05, 4.69) is 78.9 Å². The molecule has 27 heavy (non-hydrogen) atoms. The SMILES string of the molecule is CC(=O)O.NCCN.[Na][c]1cccc(-c2ccccc2)c1-c1ccccc1. The van der Waals surface area contributed by atoms with Gasteiger partial charge >= 0.3 is 132 Å². The summed E-state index contributed by atoms with van der Waals surface area (Å²) < 4.78 is 1.45. The molecule has 5 N–H and O–H groups in total. The number of carbonyl (C=O) groups is 1. The van der Waals surface area contributed by atoms with Crippen molar-refractivity contribution in [3.63, 3.8) is 0 Å². The summed E-state index contributed by atoms with van der Waals surface area (Å²) >= 11 is 1.06. The Bertz CT molecular complexity index is 803. The van der Waals surface area contributed by atoms with Crippen molar-refractivity contribution in [2.45, 2.75) is 6.92 Å². The van der Waals surface area contributed by atoms with Crippen LogP contribution in [0.15, 0.2) is 78.9 Å². The third-order valence-corrected chi connectivity index (χ3v) is 4.42. The molecule has 0 amide bonds. The van der Waals surface area contributed by atoms with Gasteiger partial charge in [-0.2, -0.15) is 0 Å². The number of carboxylic acids is 1. The van der Waals surface area contributed by atoms with Gasteiger partial charge < -0.3 is 16.6 Å². The Labute approximate surface area is 178 Å². The van der Waals surface area contributed by atoms with Crippen LogP contribution in [0.2, 0.25) is 0 Å². The molecule has 0 saturated carbocycles. The van der Waals surface area contributed by atoms with Crippen molar-refractivity contribution in [3.05, 3.63) is 78.9 Å². The Hall–Kier alpha value is -1.95. The van der Waals surface area contributed by atoms with Crippen molar-refractivity contribution in [2.75, 3.05) is 13.1 Å². The Balaban J connectivity index is 0.000000390. The van der Waals surface area contributed by atoms with E-state index >= 15 is 0 Å². The summed E-state index contributed by atoms with van der Waals surface area (Å²) in [5.41, 5.74) is 15.1. The molecule has 0 aromatic heterocycles. The van der Waals surface area contributed by atoms with Gasteiger partial charge in [0.25, 0.3) is 5.97 Å². The summed E-state index contributed by atoms with van der Waals surface area (Å²) in [6, 6.07) is 27.9. The normalized spacial score (nSPS) is 9.37. The molecule has 0 aliphatic heterocycles. The number of aliphatic carboxylic acids is 1. The van der Waals surface area contributed by atoms with Gasteiger partial charge in [0, 0.05) is 20.0 Å². The molecule has 3 rings (SSSR count). The summed E-state index contributed by atoms with van der Waals surface area (Å²) in [7, 11) is 0. The fourth-order valence-corrected chi connectivity index (χ4v) is 3.26. The Morgan fingerprint density at radius 2 is 1.26 bits per heavy atom. The third-order valence-electron chi connectivity index (χ3n) is 3.59. The Morgan fingerprint density at radius 1 is 0.815 bits per heavy atom. The van der Waals surface area contributed by atoms with Gasteiger partial charge in [0.1, 0.15) is 0 Å².